The topological polar surface area (TPSA) is 562 Å². The van der Waals surface area contributed by atoms with Crippen LogP contribution in [0.3, 0.4) is 0 Å². The number of hydrogen-bond donors (Lipinski definition) is 21. The molecule has 7 aliphatic heterocycles. The maximum Gasteiger partial charge on any atom is 0.315 e. The van der Waals surface area contributed by atoms with Gasteiger partial charge in [-0.3, -0.25) is 4.79 Å². The second-order valence-corrected chi connectivity index (χ2v) is 34.2. The van der Waals surface area contributed by atoms with Crippen LogP contribution in [0.5, 0.6) is 0 Å². The number of rotatable bonds is 18. The summed E-state index contributed by atoms with van der Waals surface area (Å²) in [5.41, 5.74) is -2.63. The smallest absolute Gasteiger partial charge is 0.315 e. The first-order valence-corrected chi connectivity index (χ1v) is 37.5. The van der Waals surface area contributed by atoms with Crippen molar-refractivity contribution >= 4 is 5.97 Å². The quantitative estimate of drug-likeness (QED) is 0.0448. The Balaban J connectivity index is 0.764. The average molecular weight is 1530 g/mol. The van der Waals surface area contributed by atoms with Crippen LogP contribution in [-0.4, -0.2) is 361 Å². The minimum Gasteiger partial charge on any atom is -0.432 e. The van der Waals surface area contributed by atoms with Crippen molar-refractivity contribution in [3.8, 4) is 0 Å². The Labute approximate surface area is 613 Å². The fourth-order valence-corrected chi connectivity index (χ4v) is 21.0. The van der Waals surface area contributed by atoms with Gasteiger partial charge in [0, 0.05) is 6.61 Å². The number of carbonyl (C=O) groups excluding carboxylic acids is 1. The molecule has 12 rings (SSSR count). The van der Waals surface area contributed by atoms with Crippen LogP contribution in [0.4, 0.5) is 0 Å². The highest BCUT2D eigenvalue weighted by Crippen LogP contribution is 2.77. The molecule has 0 radical (unpaired) electrons. The van der Waals surface area contributed by atoms with Crippen LogP contribution in [0.25, 0.3) is 0 Å². The maximum atomic E-state index is 15.4. The Morgan fingerprint density at radius 2 is 0.953 bits per heavy atom. The molecule has 0 bridgehead atoms. The Morgan fingerprint density at radius 3 is 1.53 bits per heavy atom. The predicted octanol–water partition coefficient (Wildman–Crippen LogP) is -6.62. The largest absolute Gasteiger partial charge is 0.432 e. The lowest BCUT2D eigenvalue weighted by Crippen LogP contribution is -2.69. The van der Waals surface area contributed by atoms with Gasteiger partial charge in [0.2, 0.25) is 6.29 Å². The summed E-state index contributed by atoms with van der Waals surface area (Å²) in [6.45, 7) is 12.3. The van der Waals surface area contributed by atoms with Crippen LogP contribution < -0.4 is 0 Å². The van der Waals surface area contributed by atoms with E-state index in [9.17, 15) is 107 Å². The van der Waals surface area contributed by atoms with Gasteiger partial charge in [-0.05, 0) is 129 Å². The molecule has 7 heterocycles. The van der Waals surface area contributed by atoms with Gasteiger partial charge in [0.15, 0.2) is 31.5 Å². The highest BCUT2D eigenvalue weighted by atomic mass is 16.8. The Bertz CT molecular complexity index is 3010. The number of allylic oxidation sites excluding steroid dienone is 2. The SMILES string of the molecule is C[C@@H]1O[C@@H](O[C@@H]2[C@@H](O)[C@@H](O[C@@H]3O[C@H](CO)[C@@H](O)[C@H](O)[C@H]3O)CO[C@H]2[C@H]2CC[C@@]3(C)[C@@H](CC[C@]4(C)[C@@H]3CC=C3[C@@H]5CC(C)(C)CC[C@]5(C(=O)O[C@@H]5O[C@@H](C)[C@H](O[C@@H]6O[C@H](CO[C@@H]7O[C@H](CO)[C@@H](O)[C@H](O)[C@H]7O)[C@@H](O)[C@H](O)[C@H]6O)[C@@H](O)[C@H]5O)CC[C@]34C)[C@]2(C)CO)[C@H](O)[C@H](O[C@@H]2O[C@H](CO)[C@@H](O)[C@H](O)[C@H]2O)[C@H]1O. The lowest BCUT2D eigenvalue weighted by molar-refractivity contribution is -0.377. The molecule has 7 saturated heterocycles. The van der Waals surface area contributed by atoms with Crippen molar-refractivity contribution in [3.05, 3.63) is 11.6 Å². The third kappa shape index (κ3) is 14.2. The van der Waals surface area contributed by atoms with Crippen LogP contribution in [0.2, 0.25) is 0 Å². The van der Waals surface area contributed by atoms with Crippen LogP contribution in [0, 0.1) is 56.2 Å². The van der Waals surface area contributed by atoms with Gasteiger partial charge in [0.05, 0.1) is 56.8 Å². The number of carbonyl (C=O) groups is 1. The first-order valence-electron chi connectivity index (χ1n) is 37.5. The standard InChI is InChI=1S/C71H116O35/c1-26-38(76)57(104-62-51(89)46(84)41(79)33(22-74)100-62)54(92)64(96-26)105-58-43(81)35(102-61-50(88)45(83)40(78)32(21-73)99-61)23-94-56(58)29-11-13-67(5)36(68(29,6)25-75)12-14-70(8)37(67)10-9-28-30-19-66(3,4)15-17-71(30,18-16-69(28,70)7)65(93)106-60-53(91)48(86)55(27(2)97-60)103-63-52(90)47(85)42(80)34(101-63)24-95-59-49(87)44(82)39(77)31(20-72)98-59/h9,26-27,29-64,72-92H,10-25H2,1-8H3/t26-,27-,29+,30-,31+,32+,33+,34+,35-,36+,37+,38-,39+,40+,41+,42+,43-,44-,45-,46-,47-,48-,49+,50+,51+,52+,53+,54+,55-,56-,57+,58+,59+,60-,61-,62-,63-,64-,67-,68+,69+,70+,71-/m0/s1. The van der Waals surface area contributed by atoms with Gasteiger partial charge in [-0.25, -0.2) is 0 Å². The molecule has 43 atom stereocenters. The molecule has 35 heteroatoms. The van der Waals surface area contributed by atoms with Crippen molar-refractivity contribution in [1.82, 2.24) is 0 Å². The first kappa shape index (κ1) is 83.3. The molecule has 0 unspecified atom stereocenters. The van der Waals surface area contributed by atoms with Gasteiger partial charge in [-0.2, -0.15) is 0 Å². The fraction of sp³-hybridized carbons (Fsp3) is 0.958. The molecular formula is C71H116O35. The minimum absolute atomic E-state index is 0.0101. The van der Waals surface area contributed by atoms with Crippen molar-refractivity contribution < 1.29 is 174 Å². The monoisotopic (exact) mass is 1530 g/mol. The van der Waals surface area contributed by atoms with E-state index in [2.05, 4.69) is 40.7 Å². The molecule has 0 aromatic rings. The van der Waals surface area contributed by atoms with E-state index < -0.39 is 281 Å². The third-order valence-electron chi connectivity index (χ3n) is 27.8. The molecule has 11 fully saturated rings. The molecule has 5 aliphatic carbocycles. The van der Waals surface area contributed by atoms with Crippen LogP contribution in [0.15, 0.2) is 11.6 Å². The van der Waals surface area contributed by atoms with Gasteiger partial charge in [-0.15, -0.1) is 0 Å². The van der Waals surface area contributed by atoms with Gasteiger partial charge in [-0.1, -0.05) is 53.2 Å². The van der Waals surface area contributed by atoms with Gasteiger partial charge >= 0.3 is 5.97 Å². The minimum atomic E-state index is -1.97. The summed E-state index contributed by atoms with van der Waals surface area (Å²) in [7, 11) is 0. The molecule has 4 saturated carbocycles. The molecule has 610 valence electrons. The lowest BCUT2D eigenvalue weighted by Gasteiger charge is -2.72. The molecule has 0 aromatic heterocycles. The average Bonchev–Trinajstić information content (AvgIpc) is 0.673. The summed E-state index contributed by atoms with van der Waals surface area (Å²) in [6.07, 6.45) is -49.5. The summed E-state index contributed by atoms with van der Waals surface area (Å²) < 4.78 is 78.1. The van der Waals surface area contributed by atoms with E-state index in [0.717, 1.165) is 5.57 Å². The van der Waals surface area contributed by atoms with Crippen molar-refractivity contribution in [3.63, 3.8) is 0 Å². The van der Waals surface area contributed by atoms with Crippen LogP contribution in [0.1, 0.15) is 120 Å². The number of aliphatic hydroxyl groups excluding tert-OH is 21. The lowest BCUT2D eigenvalue weighted by atomic mass is 9.33. The van der Waals surface area contributed by atoms with E-state index in [-0.39, 0.29) is 29.8 Å². The van der Waals surface area contributed by atoms with E-state index in [1.54, 1.807) is 0 Å². The summed E-state index contributed by atoms with van der Waals surface area (Å²) in [6, 6.07) is 0. The molecule has 0 amide bonds. The van der Waals surface area contributed by atoms with Gasteiger partial charge in [0.1, 0.15) is 153 Å². The van der Waals surface area contributed by atoms with Gasteiger partial charge < -0.3 is 169 Å². The maximum absolute atomic E-state index is 15.4. The summed E-state index contributed by atoms with van der Waals surface area (Å²) in [4.78, 5) is 15.4. The van der Waals surface area contributed by atoms with Crippen LogP contribution in [-0.2, 0) is 66.4 Å². The van der Waals surface area contributed by atoms with E-state index in [4.69, 9.17) is 61.6 Å². The second kappa shape index (κ2) is 31.6. The summed E-state index contributed by atoms with van der Waals surface area (Å²) in [5.74, 6) is -1.84. The molecule has 35 nitrogen and oxygen atoms in total. The molecule has 106 heavy (non-hydrogen) atoms. The van der Waals surface area contributed by atoms with Crippen molar-refractivity contribution in [1.29, 1.82) is 0 Å². The van der Waals surface area contributed by atoms with Gasteiger partial charge in [0.25, 0.3) is 0 Å². The summed E-state index contributed by atoms with van der Waals surface area (Å²) >= 11 is 0. The third-order valence-corrected chi connectivity index (χ3v) is 27.8. The van der Waals surface area contributed by atoms with E-state index in [0.29, 0.717) is 64.2 Å². The normalized spacial score (nSPS) is 55.5. The fourth-order valence-electron chi connectivity index (χ4n) is 21.0. The Hall–Kier alpha value is -2.11. The molecule has 0 aromatic carbocycles. The second-order valence-electron chi connectivity index (χ2n) is 34.2. The van der Waals surface area contributed by atoms with Crippen molar-refractivity contribution in [2.24, 2.45) is 56.2 Å². The summed E-state index contributed by atoms with van der Waals surface area (Å²) in [5, 5.41) is 230. The first-order chi connectivity index (χ1) is 49.8. The number of aliphatic hydroxyl groups is 21. The predicted molar refractivity (Wildman–Crippen MR) is 352 cm³/mol. The van der Waals surface area contributed by atoms with E-state index >= 15 is 4.79 Å². The number of hydrogen-bond acceptors (Lipinski definition) is 35. The number of ether oxygens (including phenoxy) is 13. The number of fused-ring (bicyclic) bond motifs is 7. The Kier molecular flexibility index (Phi) is 24.8. The van der Waals surface area contributed by atoms with E-state index in [1.165, 1.54) is 13.8 Å². The number of esters is 1. The molecular weight excluding hydrogens is 1410 g/mol. The zero-order valence-electron chi connectivity index (χ0n) is 60.9. The zero-order valence-corrected chi connectivity index (χ0v) is 60.9. The molecule has 12 aliphatic rings. The van der Waals surface area contributed by atoms with E-state index in [1.807, 2.05) is 6.92 Å². The van der Waals surface area contributed by atoms with Crippen molar-refractivity contribution in [2.75, 3.05) is 39.6 Å². The zero-order chi connectivity index (χ0) is 77.3. The highest BCUT2D eigenvalue weighted by molar-refractivity contribution is 5.79. The molecule has 0 spiro atoms. The van der Waals surface area contributed by atoms with Crippen molar-refractivity contribution in [2.45, 2.75) is 328 Å². The Morgan fingerprint density at radius 1 is 0.462 bits per heavy atom. The van der Waals surface area contributed by atoms with Crippen LogP contribution >= 0.6 is 0 Å². The highest BCUT2D eigenvalue weighted by Gasteiger charge is 2.72. The molecule has 21 N–H and O–H groups in total.